The lowest BCUT2D eigenvalue weighted by Gasteiger charge is -1.96. The molecule has 3 nitrogen and oxygen atoms in total. The van der Waals surface area contributed by atoms with Crippen molar-refractivity contribution in [2.24, 2.45) is 5.73 Å². The van der Waals surface area contributed by atoms with E-state index in [1.54, 1.807) is 0 Å². The van der Waals surface area contributed by atoms with E-state index in [1.165, 1.54) is 12.8 Å². The third kappa shape index (κ3) is 3.08. The molecule has 0 radical (unpaired) electrons. The molecule has 1 rings (SSSR count). The molecule has 1 fully saturated rings. The van der Waals surface area contributed by atoms with E-state index >= 15 is 0 Å². The molecule has 1 aliphatic carbocycles. The normalized spacial score (nSPS) is 17.8. The van der Waals surface area contributed by atoms with Gasteiger partial charge in [0.05, 0.1) is 0 Å². The van der Waals surface area contributed by atoms with Crippen molar-refractivity contribution in [1.29, 1.82) is 0 Å². The first kappa shape index (κ1) is 6.55. The van der Waals surface area contributed by atoms with Gasteiger partial charge in [-0.2, -0.15) is 0 Å². The quantitative estimate of drug-likeness (QED) is 0.542. The van der Waals surface area contributed by atoms with Gasteiger partial charge in [0.1, 0.15) is 0 Å². The van der Waals surface area contributed by atoms with Gasteiger partial charge in [-0.3, -0.25) is 4.79 Å². The van der Waals surface area contributed by atoms with Gasteiger partial charge in [-0.1, -0.05) is 0 Å². The van der Waals surface area contributed by atoms with Crippen LogP contribution in [0.1, 0.15) is 19.3 Å². The molecule has 0 aromatic carbocycles. The summed E-state index contributed by atoms with van der Waals surface area (Å²) in [6, 6.07) is 0.685. The van der Waals surface area contributed by atoms with Crippen LogP contribution in [0.15, 0.2) is 0 Å². The molecule has 0 atom stereocenters. The Morgan fingerprint density at radius 1 is 1.67 bits per heavy atom. The molecule has 0 aliphatic heterocycles. The van der Waals surface area contributed by atoms with Gasteiger partial charge in [0, 0.05) is 19.0 Å². The second-order valence-corrected chi connectivity index (χ2v) is 2.44. The number of hydrogen-bond acceptors (Lipinski definition) is 2. The lowest BCUT2D eigenvalue weighted by Crippen LogP contribution is -2.23. The number of hydrogen-bond donors (Lipinski definition) is 2. The topological polar surface area (TPSA) is 55.1 Å². The third-order valence-electron chi connectivity index (χ3n) is 1.38. The van der Waals surface area contributed by atoms with Crippen molar-refractivity contribution in [3.05, 3.63) is 0 Å². The van der Waals surface area contributed by atoms with E-state index < -0.39 is 0 Å². The van der Waals surface area contributed by atoms with Gasteiger partial charge in [0.15, 0.2) is 0 Å². The Hall–Kier alpha value is -0.570. The van der Waals surface area contributed by atoms with Crippen molar-refractivity contribution in [2.75, 3.05) is 6.54 Å². The number of carbonyl (C=O) groups excluding carboxylic acids is 1. The van der Waals surface area contributed by atoms with Crippen LogP contribution in [0.25, 0.3) is 0 Å². The maximum absolute atomic E-state index is 10.2. The van der Waals surface area contributed by atoms with Crippen molar-refractivity contribution in [2.45, 2.75) is 25.3 Å². The van der Waals surface area contributed by atoms with E-state index in [0.717, 1.165) is 6.54 Å². The second kappa shape index (κ2) is 2.82. The van der Waals surface area contributed by atoms with E-state index in [4.69, 9.17) is 5.73 Å². The molecule has 52 valence electrons. The van der Waals surface area contributed by atoms with Crippen molar-refractivity contribution < 1.29 is 4.79 Å². The number of nitrogens with two attached hydrogens (primary N) is 1. The second-order valence-electron chi connectivity index (χ2n) is 2.44. The van der Waals surface area contributed by atoms with Gasteiger partial charge in [0.25, 0.3) is 0 Å². The molecule has 0 unspecified atom stereocenters. The number of primary amides is 1. The van der Waals surface area contributed by atoms with Crippen molar-refractivity contribution in [3.8, 4) is 0 Å². The third-order valence-corrected chi connectivity index (χ3v) is 1.38. The highest BCUT2D eigenvalue weighted by atomic mass is 16.1. The van der Waals surface area contributed by atoms with Crippen LogP contribution in [0, 0.1) is 0 Å². The molecule has 1 aliphatic rings. The van der Waals surface area contributed by atoms with Crippen LogP contribution in [0.4, 0.5) is 0 Å². The molecule has 0 aromatic rings. The zero-order chi connectivity index (χ0) is 6.69. The predicted octanol–water partition coefficient (Wildman–Crippen LogP) is -0.386. The SMILES string of the molecule is NC(=O)CCNC1CC1. The maximum Gasteiger partial charge on any atom is 0.218 e. The summed E-state index contributed by atoms with van der Waals surface area (Å²) in [7, 11) is 0. The Labute approximate surface area is 54.6 Å². The van der Waals surface area contributed by atoms with Gasteiger partial charge in [-0.05, 0) is 12.8 Å². The first-order valence-corrected chi connectivity index (χ1v) is 3.31. The fourth-order valence-electron chi connectivity index (χ4n) is 0.687. The summed E-state index contributed by atoms with van der Waals surface area (Å²) in [6.07, 6.45) is 2.99. The van der Waals surface area contributed by atoms with Gasteiger partial charge in [0.2, 0.25) is 5.91 Å². The number of amides is 1. The zero-order valence-corrected chi connectivity index (χ0v) is 5.39. The van der Waals surface area contributed by atoms with Crippen molar-refractivity contribution >= 4 is 5.91 Å². The average Bonchev–Trinajstić information content (AvgIpc) is 2.48. The molecule has 0 aromatic heterocycles. The van der Waals surface area contributed by atoms with Crippen molar-refractivity contribution in [1.82, 2.24) is 5.32 Å². The van der Waals surface area contributed by atoms with Crippen LogP contribution in [-0.4, -0.2) is 18.5 Å². The largest absolute Gasteiger partial charge is 0.370 e. The van der Waals surface area contributed by atoms with Crippen LogP contribution >= 0.6 is 0 Å². The molecule has 3 heteroatoms. The van der Waals surface area contributed by atoms with E-state index in [9.17, 15) is 4.79 Å². The summed E-state index contributed by atoms with van der Waals surface area (Å²) in [5.41, 5.74) is 4.92. The average molecular weight is 128 g/mol. The smallest absolute Gasteiger partial charge is 0.218 e. The maximum atomic E-state index is 10.2. The highest BCUT2D eigenvalue weighted by molar-refractivity contribution is 5.73. The van der Waals surface area contributed by atoms with Crippen LogP contribution in [0.3, 0.4) is 0 Å². The molecule has 0 bridgehead atoms. The minimum absolute atomic E-state index is 0.219. The van der Waals surface area contributed by atoms with Gasteiger partial charge in [-0.15, -0.1) is 0 Å². The minimum Gasteiger partial charge on any atom is -0.370 e. The molecule has 9 heavy (non-hydrogen) atoms. The molecule has 3 N–H and O–H groups in total. The molecule has 0 spiro atoms. The van der Waals surface area contributed by atoms with Gasteiger partial charge < -0.3 is 11.1 Å². The lowest BCUT2D eigenvalue weighted by molar-refractivity contribution is -0.117. The van der Waals surface area contributed by atoms with Crippen LogP contribution in [-0.2, 0) is 4.79 Å². The standard InChI is InChI=1S/C6H12N2O/c7-6(9)3-4-8-5-1-2-5/h5,8H,1-4H2,(H2,7,9). The number of rotatable bonds is 4. The molecule has 0 saturated heterocycles. The van der Waals surface area contributed by atoms with E-state index in [0.29, 0.717) is 12.5 Å². The van der Waals surface area contributed by atoms with Crippen LogP contribution in [0.5, 0.6) is 0 Å². The van der Waals surface area contributed by atoms with E-state index in [1.807, 2.05) is 0 Å². The summed E-state index contributed by atoms with van der Waals surface area (Å²) in [4.78, 5) is 10.2. The van der Waals surface area contributed by atoms with E-state index in [-0.39, 0.29) is 5.91 Å². The molecule has 1 saturated carbocycles. The summed E-state index contributed by atoms with van der Waals surface area (Å²) in [5, 5.41) is 3.19. The van der Waals surface area contributed by atoms with Gasteiger partial charge in [-0.25, -0.2) is 0 Å². The monoisotopic (exact) mass is 128 g/mol. The Balaban J connectivity index is 1.86. The first-order chi connectivity index (χ1) is 4.29. The fraction of sp³-hybridized carbons (Fsp3) is 0.833. The lowest BCUT2D eigenvalue weighted by atomic mass is 10.4. The number of carbonyl (C=O) groups is 1. The predicted molar refractivity (Wildman–Crippen MR) is 34.8 cm³/mol. The Morgan fingerprint density at radius 2 is 2.33 bits per heavy atom. The number of nitrogens with one attached hydrogen (secondary N) is 1. The summed E-state index contributed by atoms with van der Waals surface area (Å²) >= 11 is 0. The highest BCUT2D eigenvalue weighted by Crippen LogP contribution is 2.17. The van der Waals surface area contributed by atoms with Crippen LogP contribution < -0.4 is 11.1 Å². The van der Waals surface area contributed by atoms with Crippen molar-refractivity contribution in [3.63, 3.8) is 0 Å². The highest BCUT2D eigenvalue weighted by Gasteiger charge is 2.19. The molecule has 0 heterocycles. The van der Waals surface area contributed by atoms with Gasteiger partial charge >= 0.3 is 0 Å². The summed E-state index contributed by atoms with van der Waals surface area (Å²) in [5.74, 6) is -0.219. The molecular weight excluding hydrogens is 116 g/mol. The Bertz CT molecular complexity index is 110. The van der Waals surface area contributed by atoms with E-state index in [2.05, 4.69) is 5.32 Å². The zero-order valence-electron chi connectivity index (χ0n) is 5.39. The Kier molecular flexibility index (Phi) is 2.05. The first-order valence-electron chi connectivity index (χ1n) is 3.31. The summed E-state index contributed by atoms with van der Waals surface area (Å²) < 4.78 is 0. The van der Waals surface area contributed by atoms with Crippen LogP contribution in [0.2, 0.25) is 0 Å². The summed E-state index contributed by atoms with van der Waals surface area (Å²) in [6.45, 7) is 0.750. The molecule has 1 amide bonds. The Morgan fingerprint density at radius 3 is 2.78 bits per heavy atom. The molecular formula is C6H12N2O. The fourth-order valence-corrected chi connectivity index (χ4v) is 0.687. The minimum atomic E-state index is -0.219.